The van der Waals surface area contributed by atoms with Crippen LogP contribution in [0.2, 0.25) is 5.02 Å². The number of morpholine rings is 1. The fourth-order valence-electron chi connectivity index (χ4n) is 5.54. The third-order valence-electron chi connectivity index (χ3n) is 7.96. The van der Waals surface area contributed by atoms with Gasteiger partial charge in [-0.3, -0.25) is 24.2 Å². The van der Waals surface area contributed by atoms with E-state index in [1.54, 1.807) is 24.7 Å². The quantitative estimate of drug-likeness (QED) is 0.251. The van der Waals surface area contributed by atoms with E-state index in [2.05, 4.69) is 30.3 Å². The lowest BCUT2D eigenvalue weighted by Gasteiger charge is -2.38. The lowest BCUT2D eigenvalue weighted by atomic mass is 10.1. The number of aromatic nitrogens is 5. The number of anilines is 1. The summed E-state index contributed by atoms with van der Waals surface area (Å²) in [5.74, 6) is -0.696. The molecule has 3 aromatic heterocycles. The molecule has 6 rings (SSSR count). The van der Waals surface area contributed by atoms with Crippen molar-refractivity contribution in [2.24, 2.45) is 0 Å². The average Bonchev–Trinajstić information content (AvgIpc) is 3.65. The van der Waals surface area contributed by atoms with E-state index < -0.39 is 18.7 Å². The van der Waals surface area contributed by atoms with Crippen molar-refractivity contribution in [1.29, 1.82) is 0 Å². The van der Waals surface area contributed by atoms with Gasteiger partial charge in [-0.05, 0) is 24.3 Å². The van der Waals surface area contributed by atoms with E-state index in [0.717, 1.165) is 52.5 Å². The van der Waals surface area contributed by atoms with Gasteiger partial charge in [-0.25, -0.2) is 9.50 Å². The highest BCUT2D eigenvalue weighted by atomic mass is 35.5. The normalized spacial score (nSPS) is 17.6. The largest absolute Gasteiger partial charge is 0.434 e. The lowest BCUT2D eigenvalue weighted by molar-refractivity contribution is -0.0494. The zero-order chi connectivity index (χ0) is 31.3. The van der Waals surface area contributed by atoms with Crippen LogP contribution >= 0.6 is 11.6 Å². The minimum absolute atomic E-state index is 0.0700. The Morgan fingerprint density at radius 3 is 2.62 bits per heavy atom. The molecule has 0 bridgehead atoms. The molecule has 0 radical (unpaired) electrons. The molecule has 1 unspecified atom stereocenters. The van der Waals surface area contributed by atoms with E-state index >= 15 is 0 Å². The second-order valence-corrected chi connectivity index (χ2v) is 11.3. The summed E-state index contributed by atoms with van der Waals surface area (Å²) in [7, 11) is 0. The fourth-order valence-corrected chi connectivity index (χ4v) is 5.72. The van der Waals surface area contributed by atoms with Crippen LogP contribution in [-0.2, 0) is 11.3 Å². The molecule has 0 aliphatic carbocycles. The van der Waals surface area contributed by atoms with Gasteiger partial charge in [0, 0.05) is 81.5 Å². The number of aliphatic hydroxyl groups excluding tert-OH is 1. The van der Waals surface area contributed by atoms with E-state index in [1.165, 1.54) is 33.6 Å². The molecular formula is C29H34ClF2N9O4. The molecule has 0 saturated carbocycles. The zero-order valence-corrected chi connectivity index (χ0v) is 25.2. The summed E-state index contributed by atoms with van der Waals surface area (Å²) in [6.07, 6.45) is 5.26. The van der Waals surface area contributed by atoms with Crippen molar-refractivity contribution in [2.75, 3.05) is 70.9 Å². The summed E-state index contributed by atoms with van der Waals surface area (Å²) in [5.41, 5.74) is 1.05. The number of nitrogens with zero attached hydrogens (tertiary/aromatic N) is 8. The summed E-state index contributed by atoms with van der Waals surface area (Å²) in [5, 5.41) is 23.0. The molecule has 2 aliphatic rings. The molecule has 1 aromatic carbocycles. The Balaban J connectivity index is 1.19. The number of hydrogen-bond donors (Lipinski definition) is 2. The van der Waals surface area contributed by atoms with Gasteiger partial charge in [-0.2, -0.15) is 19.0 Å². The third-order valence-corrected chi connectivity index (χ3v) is 8.20. The first-order valence-electron chi connectivity index (χ1n) is 14.7. The Bertz CT molecular complexity index is 1610. The number of alkyl halides is 2. The van der Waals surface area contributed by atoms with Gasteiger partial charge in [-0.1, -0.05) is 11.6 Å². The van der Waals surface area contributed by atoms with E-state index in [0.29, 0.717) is 18.7 Å². The molecule has 1 amide bonds. The van der Waals surface area contributed by atoms with Crippen LogP contribution in [0.4, 0.5) is 14.5 Å². The van der Waals surface area contributed by atoms with Crippen molar-refractivity contribution < 1.29 is 28.2 Å². The molecule has 2 N–H and O–H groups in total. The minimum atomic E-state index is -3.09. The SMILES string of the molecule is O=C(Nc1cn(CC(O)N2CCN(CCN3CCOCC3)CC2)nc1-c1cc(Cl)ccc1OC(F)F)c1cnn2cccnc12. The summed E-state index contributed by atoms with van der Waals surface area (Å²) < 4.78 is 39.7. The number of ether oxygens (including phenoxy) is 2. The summed E-state index contributed by atoms with van der Waals surface area (Å²) in [6, 6.07) is 5.86. The first-order valence-corrected chi connectivity index (χ1v) is 15.1. The van der Waals surface area contributed by atoms with Gasteiger partial charge in [0.1, 0.15) is 23.2 Å². The van der Waals surface area contributed by atoms with Crippen molar-refractivity contribution >= 4 is 28.8 Å². The Morgan fingerprint density at radius 1 is 1.11 bits per heavy atom. The maximum Gasteiger partial charge on any atom is 0.387 e. The Labute approximate surface area is 262 Å². The van der Waals surface area contributed by atoms with Crippen LogP contribution in [0.15, 0.2) is 49.1 Å². The fraction of sp³-hybridized carbons (Fsp3) is 0.448. The number of hydrogen-bond acceptors (Lipinski definition) is 10. The first-order chi connectivity index (χ1) is 21.8. The molecular weight excluding hydrogens is 612 g/mol. The zero-order valence-electron chi connectivity index (χ0n) is 24.4. The van der Waals surface area contributed by atoms with Crippen molar-refractivity contribution in [1.82, 2.24) is 39.1 Å². The van der Waals surface area contributed by atoms with Gasteiger partial charge < -0.3 is 19.9 Å². The van der Waals surface area contributed by atoms with Gasteiger partial charge in [0.15, 0.2) is 5.65 Å². The number of nitrogens with one attached hydrogen (secondary N) is 1. The van der Waals surface area contributed by atoms with Crippen LogP contribution in [0.25, 0.3) is 16.9 Å². The van der Waals surface area contributed by atoms with E-state index in [-0.39, 0.29) is 39.8 Å². The number of aliphatic hydroxyl groups is 1. The summed E-state index contributed by atoms with van der Waals surface area (Å²) >= 11 is 6.24. The number of amides is 1. The molecule has 4 aromatic rings. The Hall–Kier alpha value is -3.73. The molecule has 2 fully saturated rings. The van der Waals surface area contributed by atoms with Gasteiger partial charge in [0.2, 0.25) is 0 Å². The van der Waals surface area contributed by atoms with Gasteiger partial charge in [-0.15, -0.1) is 0 Å². The number of halogens is 3. The summed E-state index contributed by atoms with van der Waals surface area (Å²) in [6.45, 7) is 5.35. The smallest absolute Gasteiger partial charge is 0.387 e. The van der Waals surface area contributed by atoms with Crippen molar-refractivity contribution in [3.8, 4) is 17.0 Å². The van der Waals surface area contributed by atoms with Gasteiger partial charge in [0.05, 0.1) is 31.6 Å². The molecule has 45 heavy (non-hydrogen) atoms. The summed E-state index contributed by atoms with van der Waals surface area (Å²) in [4.78, 5) is 24.4. The second kappa shape index (κ2) is 14.1. The van der Waals surface area contributed by atoms with E-state index in [4.69, 9.17) is 21.1 Å². The predicted molar refractivity (Wildman–Crippen MR) is 162 cm³/mol. The molecule has 13 nitrogen and oxygen atoms in total. The van der Waals surface area contributed by atoms with Crippen molar-refractivity contribution in [3.63, 3.8) is 0 Å². The number of benzene rings is 1. The highest BCUT2D eigenvalue weighted by molar-refractivity contribution is 6.31. The minimum Gasteiger partial charge on any atom is -0.434 e. The number of piperazine rings is 1. The van der Waals surface area contributed by atoms with E-state index in [1.807, 2.05) is 4.90 Å². The molecule has 0 spiro atoms. The molecule has 16 heteroatoms. The Kier molecular flexibility index (Phi) is 9.82. The van der Waals surface area contributed by atoms with Gasteiger partial charge in [0.25, 0.3) is 5.91 Å². The maximum absolute atomic E-state index is 13.4. The highest BCUT2D eigenvalue weighted by Gasteiger charge is 2.26. The number of carbonyl (C=O) groups excluding carboxylic acids is 1. The van der Waals surface area contributed by atoms with Crippen molar-refractivity contribution in [3.05, 3.63) is 59.6 Å². The topological polar surface area (TPSA) is 126 Å². The van der Waals surface area contributed by atoms with Crippen LogP contribution in [0, 0.1) is 0 Å². The van der Waals surface area contributed by atoms with Gasteiger partial charge >= 0.3 is 6.61 Å². The average molecular weight is 646 g/mol. The molecule has 5 heterocycles. The second-order valence-electron chi connectivity index (χ2n) is 10.8. The van der Waals surface area contributed by atoms with Crippen LogP contribution in [0.1, 0.15) is 10.4 Å². The number of fused-ring (bicyclic) bond motifs is 1. The monoisotopic (exact) mass is 645 g/mol. The van der Waals surface area contributed by atoms with Crippen LogP contribution in [-0.4, -0.2) is 129 Å². The van der Waals surface area contributed by atoms with Crippen molar-refractivity contribution in [2.45, 2.75) is 19.4 Å². The lowest BCUT2D eigenvalue weighted by Crippen LogP contribution is -2.53. The number of rotatable bonds is 11. The molecule has 2 aliphatic heterocycles. The molecule has 2 saturated heterocycles. The molecule has 240 valence electrons. The predicted octanol–water partition coefficient (Wildman–Crippen LogP) is 2.37. The Morgan fingerprint density at radius 2 is 1.87 bits per heavy atom. The maximum atomic E-state index is 13.4. The molecule has 1 atom stereocenters. The standard InChI is InChI=1S/C29H34ClF2N9O4/c30-20-2-3-24(45-29(31)32)21(16-20)26-23(35-28(43)22-17-34-41-5-1-4-33-27(22)41)18-40(36-26)19-25(42)39-10-8-37(9-11-39)6-7-38-12-14-44-15-13-38/h1-5,16-18,25,29,42H,6-15,19H2,(H,35,43). The van der Waals surface area contributed by atoms with Crippen LogP contribution in [0.5, 0.6) is 5.75 Å². The van der Waals surface area contributed by atoms with Crippen LogP contribution < -0.4 is 10.1 Å². The third kappa shape index (κ3) is 7.57. The first kappa shape index (κ1) is 31.3. The highest BCUT2D eigenvalue weighted by Crippen LogP contribution is 2.37. The van der Waals surface area contributed by atoms with Crippen LogP contribution in [0.3, 0.4) is 0 Å². The number of carbonyl (C=O) groups is 1. The van der Waals surface area contributed by atoms with E-state index in [9.17, 15) is 18.7 Å².